The quantitative estimate of drug-likeness (QED) is 0.452. The number of para-hydroxylation sites is 1. The van der Waals surface area contributed by atoms with Crippen molar-refractivity contribution in [1.82, 2.24) is 9.88 Å². The minimum Gasteiger partial charge on any atom is -0.354 e. The number of rotatable bonds is 5. The van der Waals surface area contributed by atoms with Gasteiger partial charge in [0, 0.05) is 43.7 Å². The third kappa shape index (κ3) is 4.04. The summed E-state index contributed by atoms with van der Waals surface area (Å²) >= 11 is 1.73. The molecule has 2 aromatic carbocycles. The normalized spacial score (nSPS) is 15.1. The van der Waals surface area contributed by atoms with Crippen molar-refractivity contribution in [2.75, 3.05) is 37.6 Å². The van der Waals surface area contributed by atoms with Crippen LogP contribution in [-0.2, 0) is 6.42 Å². The number of benzene rings is 2. The molecule has 0 unspecified atom stereocenters. The standard InChI is InChI=1S/C25H25N3S/c1-2-5-20(6-3-1)11-13-27-14-16-28(17-15-27)24-10-9-21-7-4-8-23(25(21)26-24)22-12-18-29-19-22/h1-10,12,18-19H,11,13-17H2. The Balaban J connectivity index is 1.29. The lowest BCUT2D eigenvalue weighted by molar-refractivity contribution is 0.260. The minimum atomic E-state index is 1.04. The Kier molecular flexibility index (Phi) is 5.29. The lowest BCUT2D eigenvalue weighted by atomic mass is 10.0. The first-order valence-electron chi connectivity index (χ1n) is 10.3. The zero-order chi connectivity index (χ0) is 19.5. The Morgan fingerprint density at radius 1 is 0.828 bits per heavy atom. The van der Waals surface area contributed by atoms with Gasteiger partial charge in [-0.05, 0) is 46.5 Å². The molecule has 1 saturated heterocycles. The third-order valence-corrected chi connectivity index (χ3v) is 6.48. The predicted molar refractivity (Wildman–Crippen MR) is 124 cm³/mol. The maximum Gasteiger partial charge on any atom is 0.129 e. The molecular formula is C25H25N3S. The van der Waals surface area contributed by atoms with Crippen LogP contribution in [0.4, 0.5) is 5.82 Å². The first-order valence-corrected chi connectivity index (χ1v) is 11.2. The fraction of sp³-hybridized carbons (Fsp3) is 0.240. The SMILES string of the molecule is c1ccc(CCN2CCN(c3ccc4cccc(-c5ccsc5)c4n3)CC2)cc1. The third-order valence-electron chi connectivity index (χ3n) is 5.79. The van der Waals surface area contributed by atoms with Gasteiger partial charge < -0.3 is 4.90 Å². The van der Waals surface area contributed by atoms with Crippen molar-refractivity contribution in [2.24, 2.45) is 0 Å². The summed E-state index contributed by atoms with van der Waals surface area (Å²) in [5.41, 5.74) is 5.02. The molecule has 3 nitrogen and oxygen atoms in total. The van der Waals surface area contributed by atoms with Gasteiger partial charge in [0.05, 0.1) is 5.52 Å². The first kappa shape index (κ1) is 18.3. The van der Waals surface area contributed by atoms with Gasteiger partial charge in [0.15, 0.2) is 0 Å². The predicted octanol–water partition coefficient (Wildman–Crippen LogP) is 5.33. The topological polar surface area (TPSA) is 19.4 Å². The van der Waals surface area contributed by atoms with E-state index in [0.29, 0.717) is 0 Å². The van der Waals surface area contributed by atoms with Gasteiger partial charge in [-0.2, -0.15) is 11.3 Å². The van der Waals surface area contributed by atoms with Crippen LogP contribution in [0.15, 0.2) is 77.5 Å². The van der Waals surface area contributed by atoms with Crippen LogP contribution in [0.5, 0.6) is 0 Å². The minimum absolute atomic E-state index is 1.04. The number of piperazine rings is 1. The number of nitrogens with zero attached hydrogens (tertiary/aromatic N) is 3. The molecule has 1 fully saturated rings. The van der Waals surface area contributed by atoms with E-state index in [1.807, 2.05) is 0 Å². The molecular weight excluding hydrogens is 374 g/mol. The molecule has 146 valence electrons. The number of thiophene rings is 1. The molecule has 1 aliphatic heterocycles. The molecule has 0 aliphatic carbocycles. The van der Waals surface area contributed by atoms with E-state index in [4.69, 9.17) is 4.98 Å². The van der Waals surface area contributed by atoms with Crippen LogP contribution in [-0.4, -0.2) is 42.6 Å². The molecule has 2 aromatic heterocycles. The van der Waals surface area contributed by atoms with Gasteiger partial charge in [0.1, 0.15) is 5.82 Å². The van der Waals surface area contributed by atoms with Crippen LogP contribution < -0.4 is 4.90 Å². The smallest absolute Gasteiger partial charge is 0.129 e. The summed E-state index contributed by atoms with van der Waals surface area (Å²) in [6.45, 7) is 5.39. The van der Waals surface area contributed by atoms with E-state index < -0.39 is 0 Å². The Morgan fingerprint density at radius 2 is 1.69 bits per heavy atom. The van der Waals surface area contributed by atoms with E-state index in [2.05, 4.69) is 87.3 Å². The number of aromatic nitrogens is 1. The second-order valence-electron chi connectivity index (χ2n) is 7.62. The second-order valence-corrected chi connectivity index (χ2v) is 8.40. The summed E-state index contributed by atoms with van der Waals surface area (Å²) in [5.74, 6) is 1.10. The van der Waals surface area contributed by atoms with Crippen LogP contribution >= 0.6 is 11.3 Å². The van der Waals surface area contributed by atoms with Crippen molar-refractivity contribution in [3.05, 3.63) is 83.1 Å². The van der Waals surface area contributed by atoms with Gasteiger partial charge in [-0.15, -0.1) is 0 Å². The number of hydrogen-bond donors (Lipinski definition) is 0. The molecule has 4 aromatic rings. The monoisotopic (exact) mass is 399 g/mol. The zero-order valence-corrected chi connectivity index (χ0v) is 17.3. The van der Waals surface area contributed by atoms with Crippen molar-refractivity contribution in [3.63, 3.8) is 0 Å². The van der Waals surface area contributed by atoms with Crippen molar-refractivity contribution in [3.8, 4) is 11.1 Å². The summed E-state index contributed by atoms with van der Waals surface area (Å²) in [6, 6.07) is 23.8. The van der Waals surface area contributed by atoms with Gasteiger partial charge in [0.2, 0.25) is 0 Å². The van der Waals surface area contributed by atoms with Crippen LogP contribution in [0.25, 0.3) is 22.0 Å². The molecule has 0 atom stereocenters. The lowest BCUT2D eigenvalue weighted by Gasteiger charge is -2.35. The largest absolute Gasteiger partial charge is 0.354 e. The number of anilines is 1. The van der Waals surface area contributed by atoms with Crippen LogP contribution in [0.2, 0.25) is 0 Å². The highest BCUT2D eigenvalue weighted by atomic mass is 32.1. The molecule has 4 heteroatoms. The summed E-state index contributed by atoms with van der Waals surface area (Å²) in [7, 11) is 0. The van der Waals surface area contributed by atoms with E-state index in [-0.39, 0.29) is 0 Å². The van der Waals surface area contributed by atoms with Gasteiger partial charge >= 0.3 is 0 Å². The second kappa shape index (κ2) is 8.36. The molecule has 0 saturated carbocycles. The van der Waals surface area contributed by atoms with E-state index >= 15 is 0 Å². The van der Waals surface area contributed by atoms with Crippen molar-refractivity contribution >= 4 is 28.1 Å². The van der Waals surface area contributed by atoms with Gasteiger partial charge in [-0.25, -0.2) is 4.98 Å². The van der Waals surface area contributed by atoms with Crippen molar-refractivity contribution in [1.29, 1.82) is 0 Å². The Labute approximate surface area is 176 Å². The van der Waals surface area contributed by atoms with E-state index in [9.17, 15) is 0 Å². The molecule has 0 amide bonds. The summed E-state index contributed by atoms with van der Waals surface area (Å²) in [6.07, 6.45) is 1.12. The lowest BCUT2D eigenvalue weighted by Crippen LogP contribution is -2.47. The van der Waals surface area contributed by atoms with Crippen LogP contribution in [0, 0.1) is 0 Å². The first-order chi connectivity index (χ1) is 14.4. The number of fused-ring (bicyclic) bond motifs is 1. The molecule has 3 heterocycles. The highest BCUT2D eigenvalue weighted by Crippen LogP contribution is 2.30. The van der Waals surface area contributed by atoms with Crippen molar-refractivity contribution < 1.29 is 0 Å². The van der Waals surface area contributed by atoms with E-state index in [1.165, 1.54) is 22.1 Å². The van der Waals surface area contributed by atoms with Gasteiger partial charge in [-0.3, -0.25) is 4.90 Å². The van der Waals surface area contributed by atoms with Gasteiger partial charge in [-0.1, -0.05) is 48.5 Å². The highest BCUT2D eigenvalue weighted by molar-refractivity contribution is 7.08. The Bertz CT molecular complexity index is 1070. The summed E-state index contributed by atoms with van der Waals surface area (Å²) in [5, 5.41) is 5.54. The molecule has 5 rings (SSSR count). The zero-order valence-electron chi connectivity index (χ0n) is 16.5. The summed E-state index contributed by atoms with van der Waals surface area (Å²) < 4.78 is 0. The van der Waals surface area contributed by atoms with Crippen LogP contribution in [0.1, 0.15) is 5.56 Å². The highest BCUT2D eigenvalue weighted by Gasteiger charge is 2.18. The Morgan fingerprint density at radius 3 is 2.48 bits per heavy atom. The fourth-order valence-corrected chi connectivity index (χ4v) is 4.75. The average molecular weight is 400 g/mol. The molecule has 0 radical (unpaired) electrons. The van der Waals surface area contributed by atoms with Crippen molar-refractivity contribution in [2.45, 2.75) is 6.42 Å². The molecule has 0 bridgehead atoms. The molecule has 29 heavy (non-hydrogen) atoms. The van der Waals surface area contributed by atoms with Gasteiger partial charge in [0.25, 0.3) is 0 Å². The Hall–Kier alpha value is -2.69. The number of hydrogen-bond acceptors (Lipinski definition) is 4. The maximum atomic E-state index is 5.09. The van der Waals surface area contributed by atoms with E-state index in [0.717, 1.165) is 50.5 Å². The van der Waals surface area contributed by atoms with E-state index in [1.54, 1.807) is 11.3 Å². The van der Waals surface area contributed by atoms with Crippen LogP contribution in [0.3, 0.4) is 0 Å². The average Bonchev–Trinajstić information content (AvgIpc) is 3.33. The molecule has 1 aliphatic rings. The number of pyridine rings is 1. The molecule has 0 N–H and O–H groups in total. The molecule has 0 spiro atoms. The maximum absolute atomic E-state index is 5.09. The fourth-order valence-electron chi connectivity index (χ4n) is 4.10. The summed E-state index contributed by atoms with van der Waals surface area (Å²) in [4.78, 5) is 10.1.